The minimum Gasteiger partial charge on any atom is -0.378 e. The lowest BCUT2D eigenvalue weighted by molar-refractivity contribution is 0.0950. The molecule has 0 saturated carbocycles. The molecular formula is C14H22ClN3O. The molecule has 2 N–H and O–H groups in total. The number of amides is 1. The number of anilines is 1. The van der Waals surface area contributed by atoms with E-state index in [1.165, 1.54) is 6.42 Å². The van der Waals surface area contributed by atoms with Gasteiger partial charge in [-0.15, -0.1) is 12.4 Å². The van der Waals surface area contributed by atoms with E-state index in [1.54, 1.807) is 0 Å². The third-order valence-corrected chi connectivity index (χ3v) is 3.30. The van der Waals surface area contributed by atoms with E-state index in [9.17, 15) is 4.79 Å². The van der Waals surface area contributed by atoms with Gasteiger partial charge in [-0.2, -0.15) is 0 Å². The van der Waals surface area contributed by atoms with Crippen molar-refractivity contribution in [2.75, 3.05) is 32.1 Å². The predicted octanol–water partition coefficient (Wildman–Crippen LogP) is 1.66. The molecule has 0 aliphatic carbocycles. The summed E-state index contributed by atoms with van der Waals surface area (Å²) in [6.45, 7) is 1.78. The van der Waals surface area contributed by atoms with Crippen LogP contribution in [0.25, 0.3) is 0 Å². The fourth-order valence-electron chi connectivity index (χ4n) is 2.17. The summed E-state index contributed by atoms with van der Waals surface area (Å²) in [5, 5.41) is 6.36. The van der Waals surface area contributed by atoms with E-state index in [1.807, 2.05) is 43.3 Å². The second-order valence-corrected chi connectivity index (χ2v) is 4.95. The molecule has 0 spiro atoms. The zero-order valence-electron chi connectivity index (χ0n) is 11.5. The normalized spacial score (nSPS) is 17.7. The van der Waals surface area contributed by atoms with Crippen LogP contribution >= 0.6 is 12.4 Å². The summed E-state index contributed by atoms with van der Waals surface area (Å²) >= 11 is 0. The number of nitrogens with one attached hydrogen (secondary N) is 2. The molecule has 106 valence electrons. The first kappa shape index (κ1) is 15.8. The first-order valence-electron chi connectivity index (χ1n) is 6.46. The Morgan fingerprint density at radius 1 is 1.47 bits per heavy atom. The van der Waals surface area contributed by atoms with Gasteiger partial charge < -0.3 is 15.5 Å². The van der Waals surface area contributed by atoms with Gasteiger partial charge >= 0.3 is 0 Å². The minimum atomic E-state index is 0. The van der Waals surface area contributed by atoms with Gasteiger partial charge in [0.15, 0.2) is 0 Å². The van der Waals surface area contributed by atoms with Crippen molar-refractivity contribution >= 4 is 24.0 Å². The van der Waals surface area contributed by atoms with Crippen LogP contribution in [-0.4, -0.2) is 39.1 Å². The number of carbonyl (C=O) groups is 1. The van der Waals surface area contributed by atoms with Crippen molar-refractivity contribution in [2.45, 2.75) is 18.9 Å². The van der Waals surface area contributed by atoms with Crippen molar-refractivity contribution in [1.29, 1.82) is 0 Å². The van der Waals surface area contributed by atoms with Crippen LogP contribution in [0.1, 0.15) is 23.2 Å². The van der Waals surface area contributed by atoms with E-state index in [4.69, 9.17) is 0 Å². The van der Waals surface area contributed by atoms with Gasteiger partial charge in [0, 0.05) is 37.9 Å². The lowest BCUT2D eigenvalue weighted by atomic mass is 10.1. The van der Waals surface area contributed by atoms with Gasteiger partial charge in [0.2, 0.25) is 0 Å². The van der Waals surface area contributed by atoms with E-state index >= 15 is 0 Å². The number of nitrogens with zero attached hydrogens (tertiary/aromatic N) is 1. The summed E-state index contributed by atoms with van der Waals surface area (Å²) in [5.74, 6) is 0.00685. The number of rotatable bonds is 4. The van der Waals surface area contributed by atoms with Gasteiger partial charge in [-0.25, -0.2) is 0 Å². The van der Waals surface area contributed by atoms with Crippen molar-refractivity contribution in [1.82, 2.24) is 10.6 Å². The van der Waals surface area contributed by atoms with E-state index in [0.717, 1.165) is 24.2 Å². The van der Waals surface area contributed by atoms with Gasteiger partial charge in [-0.3, -0.25) is 4.79 Å². The quantitative estimate of drug-likeness (QED) is 0.883. The fraction of sp³-hybridized carbons (Fsp3) is 0.500. The third kappa shape index (κ3) is 4.40. The molecule has 1 aromatic rings. The molecule has 1 saturated heterocycles. The number of halogens is 1. The molecule has 19 heavy (non-hydrogen) atoms. The van der Waals surface area contributed by atoms with Crippen LogP contribution in [0.2, 0.25) is 0 Å². The van der Waals surface area contributed by atoms with Gasteiger partial charge in [-0.05, 0) is 37.6 Å². The lowest BCUT2D eigenvalue weighted by Crippen LogP contribution is -2.37. The van der Waals surface area contributed by atoms with Crippen molar-refractivity contribution in [3.05, 3.63) is 29.8 Å². The van der Waals surface area contributed by atoms with Crippen LogP contribution in [0.3, 0.4) is 0 Å². The lowest BCUT2D eigenvalue weighted by Gasteiger charge is -2.14. The van der Waals surface area contributed by atoms with Crippen LogP contribution in [0.5, 0.6) is 0 Å². The van der Waals surface area contributed by atoms with E-state index in [0.29, 0.717) is 12.6 Å². The maximum Gasteiger partial charge on any atom is 0.251 e. The van der Waals surface area contributed by atoms with Gasteiger partial charge in [0.05, 0.1) is 0 Å². The van der Waals surface area contributed by atoms with Gasteiger partial charge in [0.25, 0.3) is 5.91 Å². The highest BCUT2D eigenvalue weighted by Crippen LogP contribution is 2.13. The highest BCUT2D eigenvalue weighted by molar-refractivity contribution is 5.95. The average Bonchev–Trinajstić information content (AvgIpc) is 2.89. The molecule has 1 amide bonds. The molecule has 0 bridgehead atoms. The average molecular weight is 284 g/mol. The van der Waals surface area contributed by atoms with E-state index < -0.39 is 0 Å². The second kappa shape index (κ2) is 7.36. The number of carbonyl (C=O) groups excluding carboxylic acids is 1. The third-order valence-electron chi connectivity index (χ3n) is 3.30. The number of hydrogen-bond acceptors (Lipinski definition) is 3. The van der Waals surface area contributed by atoms with Crippen molar-refractivity contribution in [2.24, 2.45) is 0 Å². The number of benzene rings is 1. The molecule has 1 fully saturated rings. The Kier molecular flexibility index (Phi) is 6.12. The molecule has 2 rings (SSSR count). The van der Waals surface area contributed by atoms with Crippen LogP contribution < -0.4 is 15.5 Å². The highest BCUT2D eigenvalue weighted by atomic mass is 35.5. The van der Waals surface area contributed by atoms with Crippen LogP contribution in [0.15, 0.2) is 24.3 Å². The second-order valence-electron chi connectivity index (χ2n) is 4.95. The minimum absolute atomic E-state index is 0. The van der Waals surface area contributed by atoms with Crippen molar-refractivity contribution in [3.8, 4) is 0 Å². The maximum absolute atomic E-state index is 12.0. The molecule has 1 aliphatic heterocycles. The summed E-state index contributed by atoms with van der Waals surface area (Å²) in [7, 11) is 3.94. The summed E-state index contributed by atoms with van der Waals surface area (Å²) in [6, 6.07) is 8.11. The monoisotopic (exact) mass is 283 g/mol. The van der Waals surface area contributed by atoms with Crippen LogP contribution in [0, 0.1) is 0 Å². The summed E-state index contributed by atoms with van der Waals surface area (Å²) < 4.78 is 0. The molecular weight excluding hydrogens is 262 g/mol. The van der Waals surface area contributed by atoms with E-state index in [-0.39, 0.29) is 18.3 Å². The smallest absolute Gasteiger partial charge is 0.251 e. The molecule has 1 unspecified atom stereocenters. The molecule has 4 nitrogen and oxygen atoms in total. The van der Waals surface area contributed by atoms with Crippen LogP contribution in [0.4, 0.5) is 5.69 Å². The zero-order chi connectivity index (χ0) is 13.0. The van der Waals surface area contributed by atoms with Crippen LogP contribution in [-0.2, 0) is 0 Å². The molecule has 0 radical (unpaired) electrons. The van der Waals surface area contributed by atoms with E-state index in [2.05, 4.69) is 10.6 Å². The maximum atomic E-state index is 12.0. The first-order valence-corrected chi connectivity index (χ1v) is 6.46. The standard InChI is InChI=1S/C14H21N3O.ClH/c1-17(2)13-7-3-5-11(9-13)14(18)16-10-12-6-4-8-15-12;/h3,5,7,9,12,15H,4,6,8,10H2,1-2H3,(H,16,18);1H. The summed E-state index contributed by atoms with van der Waals surface area (Å²) in [6.07, 6.45) is 2.36. The summed E-state index contributed by atoms with van der Waals surface area (Å²) in [5.41, 5.74) is 1.76. The zero-order valence-corrected chi connectivity index (χ0v) is 12.3. The summed E-state index contributed by atoms with van der Waals surface area (Å²) in [4.78, 5) is 14.0. The molecule has 1 aromatic carbocycles. The largest absolute Gasteiger partial charge is 0.378 e. The Labute approximate surface area is 121 Å². The highest BCUT2D eigenvalue weighted by Gasteiger charge is 2.15. The number of hydrogen-bond donors (Lipinski definition) is 2. The topological polar surface area (TPSA) is 44.4 Å². The molecule has 1 heterocycles. The Morgan fingerprint density at radius 3 is 2.89 bits per heavy atom. The molecule has 0 aromatic heterocycles. The molecule has 1 atom stereocenters. The Morgan fingerprint density at radius 2 is 2.26 bits per heavy atom. The first-order chi connectivity index (χ1) is 8.66. The SMILES string of the molecule is CN(C)c1cccc(C(=O)NCC2CCCN2)c1.Cl. The van der Waals surface area contributed by atoms with Crippen molar-refractivity contribution in [3.63, 3.8) is 0 Å². The van der Waals surface area contributed by atoms with Gasteiger partial charge in [-0.1, -0.05) is 6.07 Å². The van der Waals surface area contributed by atoms with Crippen molar-refractivity contribution < 1.29 is 4.79 Å². The predicted molar refractivity (Wildman–Crippen MR) is 81.4 cm³/mol. The van der Waals surface area contributed by atoms with Gasteiger partial charge in [0.1, 0.15) is 0 Å². The molecule has 1 aliphatic rings. The molecule has 5 heteroatoms. The Balaban J connectivity index is 0.00000180. The fourth-order valence-corrected chi connectivity index (χ4v) is 2.17. The Hall–Kier alpha value is -1.26. The Bertz CT molecular complexity index is 417.